The fraction of sp³-hybridized carbons (Fsp3) is 0.111. The van der Waals surface area contributed by atoms with Crippen LogP contribution in [-0.4, -0.2) is 6.26 Å². The van der Waals surface area contributed by atoms with E-state index in [0.717, 1.165) is 0 Å². The summed E-state index contributed by atoms with van der Waals surface area (Å²) in [7, 11) is 0. The maximum atomic E-state index is 2.41. The average Bonchev–Trinajstić information content (AvgIpc) is 2.56. The van der Waals surface area contributed by atoms with E-state index in [0.29, 0.717) is 0 Å². The zero-order valence-electron chi connectivity index (χ0n) is 6.80. The van der Waals surface area contributed by atoms with Gasteiger partial charge in [0, 0.05) is 27.5 Å². The van der Waals surface area contributed by atoms with Gasteiger partial charge in [-0.05, 0) is 63.6 Å². The minimum atomic E-state index is 1.36. The highest BCUT2D eigenvalue weighted by molar-refractivity contribution is 14.1. The summed E-state index contributed by atoms with van der Waals surface area (Å²) in [4.78, 5) is 1.41. The van der Waals surface area contributed by atoms with Crippen LogP contribution in [0.1, 0.15) is 0 Å². The number of thiophene rings is 1. The molecule has 0 saturated carbocycles. The van der Waals surface area contributed by atoms with Crippen LogP contribution in [0.4, 0.5) is 0 Å². The molecule has 0 amide bonds. The number of halogens is 2. The Bertz CT molecular complexity index is 448. The third kappa shape index (κ3) is 1.87. The molecule has 0 nitrogen and oxygen atoms in total. The molecule has 1 heterocycles. The van der Waals surface area contributed by atoms with Crippen molar-refractivity contribution in [3.63, 3.8) is 0 Å². The molecule has 0 aliphatic carbocycles. The van der Waals surface area contributed by atoms with Gasteiger partial charge in [-0.25, -0.2) is 0 Å². The molecule has 0 saturated heterocycles. The van der Waals surface area contributed by atoms with Crippen molar-refractivity contribution in [1.29, 1.82) is 0 Å². The molecular weight excluding hydrogens is 426 g/mol. The van der Waals surface area contributed by atoms with Crippen molar-refractivity contribution in [1.82, 2.24) is 0 Å². The Morgan fingerprint density at radius 3 is 2.62 bits per heavy atom. The van der Waals surface area contributed by atoms with Crippen LogP contribution in [0, 0.1) is 7.14 Å². The number of benzene rings is 1. The Labute approximate surface area is 113 Å². The van der Waals surface area contributed by atoms with Crippen molar-refractivity contribution in [2.75, 3.05) is 6.26 Å². The van der Waals surface area contributed by atoms with Crippen molar-refractivity contribution in [2.24, 2.45) is 0 Å². The van der Waals surface area contributed by atoms with E-state index in [1.807, 2.05) is 23.1 Å². The summed E-state index contributed by atoms with van der Waals surface area (Å²) < 4.78 is 4.15. The molecular formula is C9H6I2S2. The van der Waals surface area contributed by atoms with Gasteiger partial charge < -0.3 is 0 Å². The number of rotatable bonds is 1. The molecule has 0 aliphatic heterocycles. The first kappa shape index (κ1) is 10.5. The molecule has 1 aromatic carbocycles. The number of fused-ring (bicyclic) bond motifs is 1. The number of hydrogen-bond donors (Lipinski definition) is 0. The Morgan fingerprint density at radius 2 is 1.92 bits per heavy atom. The van der Waals surface area contributed by atoms with Crippen molar-refractivity contribution >= 4 is 78.4 Å². The molecule has 0 fully saturated rings. The topological polar surface area (TPSA) is 0 Å². The van der Waals surface area contributed by atoms with E-state index in [-0.39, 0.29) is 0 Å². The highest BCUT2D eigenvalue weighted by Crippen LogP contribution is 2.37. The van der Waals surface area contributed by atoms with Gasteiger partial charge in [0.15, 0.2) is 0 Å². The van der Waals surface area contributed by atoms with Crippen LogP contribution in [-0.2, 0) is 0 Å². The first-order valence-electron chi connectivity index (χ1n) is 3.63. The smallest absolute Gasteiger partial charge is 0.0498 e. The van der Waals surface area contributed by atoms with Crippen LogP contribution in [0.2, 0.25) is 0 Å². The summed E-state index contributed by atoms with van der Waals surface area (Å²) in [6.07, 6.45) is 2.14. The van der Waals surface area contributed by atoms with Crippen LogP contribution in [0.15, 0.2) is 22.4 Å². The third-order valence-corrected chi connectivity index (χ3v) is 5.90. The van der Waals surface area contributed by atoms with Crippen LogP contribution >= 0.6 is 68.3 Å². The molecule has 0 aliphatic rings. The lowest BCUT2D eigenvalue weighted by Crippen LogP contribution is -1.77. The van der Waals surface area contributed by atoms with E-state index in [4.69, 9.17) is 0 Å². The fourth-order valence-electron chi connectivity index (χ4n) is 1.20. The Morgan fingerprint density at radius 1 is 1.23 bits per heavy atom. The lowest BCUT2D eigenvalue weighted by Gasteiger charge is -1.99. The van der Waals surface area contributed by atoms with Gasteiger partial charge >= 0.3 is 0 Å². The van der Waals surface area contributed by atoms with Gasteiger partial charge in [-0.2, -0.15) is 0 Å². The zero-order chi connectivity index (χ0) is 9.42. The summed E-state index contributed by atoms with van der Waals surface area (Å²) in [5.74, 6) is 0. The van der Waals surface area contributed by atoms with E-state index in [1.54, 1.807) is 0 Å². The molecule has 0 spiro atoms. The number of thioether (sulfide) groups is 1. The maximum Gasteiger partial charge on any atom is 0.0498 e. The van der Waals surface area contributed by atoms with Crippen molar-refractivity contribution < 1.29 is 0 Å². The van der Waals surface area contributed by atoms with Gasteiger partial charge in [-0.1, -0.05) is 0 Å². The summed E-state index contributed by atoms with van der Waals surface area (Å²) >= 11 is 8.49. The second-order valence-electron chi connectivity index (χ2n) is 2.54. The molecule has 0 atom stereocenters. The average molecular weight is 432 g/mol. The molecule has 4 heteroatoms. The van der Waals surface area contributed by atoms with Gasteiger partial charge in [0.2, 0.25) is 0 Å². The molecule has 1 aromatic heterocycles. The minimum absolute atomic E-state index is 1.36. The van der Waals surface area contributed by atoms with Gasteiger partial charge in [0.25, 0.3) is 0 Å². The molecule has 0 unspecified atom stereocenters. The highest BCUT2D eigenvalue weighted by atomic mass is 127. The minimum Gasteiger partial charge on any atom is -0.141 e. The van der Waals surface area contributed by atoms with E-state index >= 15 is 0 Å². The zero-order valence-corrected chi connectivity index (χ0v) is 12.8. The van der Waals surface area contributed by atoms with E-state index in [2.05, 4.69) is 69.0 Å². The predicted octanol–water partition coefficient (Wildman–Crippen LogP) is 4.83. The molecule has 2 aromatic rings. The Hall–Kier alpha value is 0.990. The molecule has 2 rings (SSSR count). The summed E-state index contributed by atoms with van der Waals surface area (Å²) in [6, 6.07) is 4.38. The van der Waals surface area contributed by atoms with Crippen molar-refractivity contribution in [3.05, 3.63) is 24.7 Å². The summed E-state index contributed by atoms with van der Waals surface area (Å²) in [5.41, 5.74) is 0. The largest absolute Gasteiger partial charge is 0.141 e. The Balaban J connectivity index is 2.87. The molecule has 68 valence electrons. The van der Waals surface area contributed by atoms with Crippen LogP contribution in [0.3, 0.4) is 0 Å². The van der Waals surface area contributed by atoms with E-state index in [9.17, 15) is 0 Å². The summed E-state index contributed by atoms with van der Waals surface area (Å²) in [6.45, 7) is 0. The first-order valence-corrected chi connectivity index (χ1v) is 7.89. The maximum absolute atomic E-state index is 2.41. The fourth-order valence-corrected chi connectivity index (χ4v) is 5.01. The quantitative estimate of drug-likeness (QED) is 0.460. The van der Waals surface area contributed by atoms with Gasteiger partial charge in [-0.3, -0.25) is 0 Å². The van der Waals surface area contributed by atoms with Gasteiger partial charge in [0.1, 0.15) is 0 Å². The number of hydrogen-bond acceptors (Lipinski definition) is 2. The van der Waals surface area contributed by atoms with Crippen molar-refractivity contribution in [3.8, 4) is 0 Å². The Kier molecular flexibility index (Phi) is 3.43. The first-order chi connectivity index (χ1) is 6.24. The van der Waals surface area contributed by atoms with Crippen LogP contribution in [0.5, 0.6) is 0 Å². The van der Waals surface area contributed by atoms with E-state index < -0.39 is 0 Å². The monoisotopic (exact) mass is 432 g/mol. The standard InChI is InChI=1S/C9H6I2S2/c1-12-7-4-13-9-6(11)3-2-5(10)8(7)9/h2-4H,1H3. The van der Waals surface area contributed by atoms with Crippen LogP contribution < -0.4 is 0 Å². The highest BCUT2D eigenvalue weighted by Gasteiger charge is 2.08. The normalized spacial score (nSPS) is 11.0. The lowest BCUT2D eigenvalue weighted by molar-refractivity contribution is 1.62. The second-order valence-corrected chi connectivity index (χ2v) is 6.59. The van der Waals surface area contributed by atoms with Crippen molar-refractivity contribution in [2.45, 2.75) is 4.90 Å². The third-order valence-electron chi connectivity index (χ3n) is 1.81. The lowest BCUT2D eigenvalue weighted by atomic mass is 10.3. The molecule has 13 heavy (non-hydrogen) atoms. The summed E-state index contributed by atoms with van der Waals surface area (Å²) in [5, 5.41) is 3.68. The molecule has 0 radical (unpaired) electrons. The molecule has 0 bridgehead atoms. The van der Waals surface area contributed by atoms with Crippen LogP contribution in [0.25, 0.3) is 10.1 Å². The predicted molar refractivity (Wildman–Crippen MR) is 79.0 cm³/mol. The SMILES string of the molecule is CSc1csc2c(I)ccc(I)c12. The van der Waals surface area contributed by atoms with E-state index in [1.165, 1.54) is 22.1 Å². The molecule has 0 N–H and O–H groups in total. The van der Waals surface area contributed by atoms with Gasteiger partial charge in [-0.15, -0.1) is 23.1 Å². The van der Waals surface area contributed by atoms with Gasteiger partial charge in [0.05, 0.1) is 0 Å². The second kappa shape index (κ2) is 4.24.